The molecule has 1 aromatic heterocycles. The highest BCUT2D eigenvalue weighted by molar-refractivity contribution is 7.25. The molecule has 0 spiro atoms. The SMILES string of the molecule is c1ccc(-c2ccc3sc4ccc(-c5ccc(-c6ccc7ccc8c(-c9ccccc9)ccc9ccc6c7c98)cc5)cc4c3c2)cc1. The van der Waals surface area contributed by atoms with Gasteiger partial charge in [-0.2, -0.15) is 0 Å². The Morgan fingerprint density at radius 2 is 0.681 bits per heavy atom. The van der Waals surface area contributed by atoms with Crippen molar-refractivity contribution in [2.24, 2.45) is 0 Å². The van der Waals surface area contributed by atoms with Gasteiger partial charge in [0.2, 0.25) is 0 Å². The van der Waals surface area contributed by atoms with Gasteiger partial charge in [-0.15, -0.1) is 11.3 Å². The Hall–Kier alpha value is -5.76. The largest absolute Gasteiger partial charge is 0.135 e. The Morgan fingerprint density at radius 3 is 1.21 bits per heavy atom. The van der Waals surface area contributed by atoms with Crippen LogP contribution in [0.25, 0.3) is 97.0 Å². The van der Waals surface area contributed by atoms with E-state index in [9.17, 15) is 0 Å². The predicted molar refractivity (Wildman–Crippen MR) is 205 cm³/mol. The van der Waals surface area contributed by atoms with Gasteiger partial charge in [0, 0.05) is 20.2 Å². The molecule has 9 aromatic carbocycles. The van der Waals surface area contributed by atoms with Crippen LogP contribution in [0.2, 0.25) is 0 Å². The van der Waals surface area contributed by atoms with Crippen LogP contribution in [-0.4, -0.2) is 0 Å². The van der Waals surface area contributed by atoms with Gasteiger partial charge in [0.15, 0.2) is 0 Å². The van der Waals surface area contributed by atoms with Gasteiger partial charge in [-0.1, -0.05) is 146 Å². The first-order valence-electron chi connectivity index (χ1n) is 16.2. The lowest BCUT2D eigenvalue weighted by atomic mass is 9.87. The van der Waals surface area contributed by atoms with Crippen molar-refractivity contribution in [3.05, 3.63) is 170 Å². The molecule has 0 unspecified atom stereocenters. The summed E-state index contributed by atoms with van der Waals surface area (Å²) >= 11 is 1.87. The van der Waals surface area contributed by atoms with Crippen LogP contribution in [0.4, 0.5) is 0 Å². The second-order valence-corrected chi connectivity index (χ2v) is 13.6. The summed E-state index contributed by atoms with van der Waals surface area (Å²) in [5.74, 6) is 0. The van der Waals surface area contributed by atoms with E-state index in [0.717, 1.165) is 0 Å². The van der Waals surface area contributed by atoms with Crippen molar-refractivity contribution in [1.29, 1.82) is 0 Å². The molecule has 1 heterocycles. The molecule has 0 aliphatic heterocycles. The van der Waals surface area contributed by atoms with E-state index in [1.165, 1.54) is 97.0 Å². The predicted octanol–water partition coefficient (Wildman–Crippen LogP) is 13.6. The van der Waals surface area contributed by atoms with Gasteiger partial charge in [0.25, 0.3) is 0 Å². The molecule has 10 aromatic rings. The molecule has 0 aliphatic carbocycles. The number of benzene rings is 9. The summed E-state index contributed by atoms with van der Waals surface area (Å²) in [6.07, 6.45) is 0. The van der Waals surface area contributed by atoms with E-state index in [0.29, 0.717) is 0 Å². The maximum Gasteiger partial charge on any atom is 0.0355 e. The monoisotopic (exact) mass is 612 g/mol. The number of fused-ring (bicyclic) bond motifs is 3. The summed E-state index contributed by atoms with van der Waals surface area (Å²) in [5.41, 5.74) is 10.1. The Labute approximate surface area is 277 Å². The molecule has 0 nitrogen and oxygen atoms in total. The third-order valence-corrected chi connectivity index (χ3v) is 11.0. The van der Waals surface area contributed by atoms with E-state index in [1.54, 1.807) is 0 Å². The smallest absolute Gasteiger partial charge is 0.0355 e. The van der Waals surface area contributed by atoms with Gasteiger partial charge in [-0.25, -0.2) is 0 Å². The number of hydrogen-bond acceptors (Lipinski definition) is 1. The molecule has 0 fully saturated rings. The standard InChI is InChI=1S/C46H28S/c1-3-7-29(8-4-1)35-19-25-43-41(27-35)42-28-36(20-26-44(42)47-43)30-11-13-32(14-12-30)38-22-16-34-17-23-39-37(31-9-5-2-6-10-31)21-15-33-18-24-40(38)46(34)45(33)39/h1-28H. The number of thiophene rings is 1. The molecule has 0 N–H and O–H groups in total. The minimum Gasteiger partial charge on any atom is -0.135 e. The topological polar surface area (TPSA) is 0 Å². The molecule has 1 heteroatoms. The van der Waals surface area contributed by atoms with Crippen molar-refractivity contribution >= 4 is 63.8 Å². The molecule has 0 saturated carbocycles. The van der Waals surface area contributed by atoms with Crippen molar-refractivity contribution in [2.45, 2.75) is 0 Å². The van der Waals surface area contributed by atoms with E-state index < -0.39 is 0 Å². The van der Waals surface area contributed by atoms with Crippen LogP contribution in [0.5, 0.6) is 0 Å². The average Bonchev–Trinajstić information content (AvgIpc) is 3.52. The van der Waals surface area contributed by atoms with Gasteiger partial charge in [0.05, 0.1) is 0 Å². The molecule has 0 bridgehead atoms. The minimum absolute atomic E-state index is 1.24. The zero-order valence-corrected chi connectivity index (χ0v) is 26.4. The van der Waals surface area contributed by atoms with E-state index in [2.05, 4.69) is 170 Å². The van der Waals surface area contributed by atoms with E-state index in [4.69, 9.17) is 0 Å². The van der Waals surface area contributed by atoms with Crippen molar-refractivity contribution in [3.8, 4) is 44.5 Å². The molecule has 218 valence electrons. The summed E-state index contributed by atoms with van der Waals surface area (Å²) < 4.78 is 2.66. The Bertz CT molecular complexity index is 2750. The molecule has 0 saturated heterocycles. The highest BCUT2D eigenvalue weighted by Gasteiger charge is 2.15. The Morgan fingerprint density at radius 1 is 0.277 bits per heavy atom. The molecular formula is C46H28S. The number of hydrogen-bond donors (Lipinski definition) is 0. The maximum absolute atomic E-state index is 2.37. The van der Waals surface area contributed by atoms with E-state index in [1.807, 2.05) is 11.3 Å². The summed E-state index contributed by atoms with van der Waals surface area (Å²) in [7, 11) is 0. The summed E-state index contributed by atoms with van der Waals surface area (Å²) in [6, 6.07) is 62.7. The van der Waals surface area contributed by atoms with Crippen LogP contribution in [0.1, 0.15) is 0 Å². The van der Waals surface area contributed by atoms with E-state index in [-0.39, 0.29) is 0 Å². The fraction of sp³-hybridized carbons (Fsp3) is 0. The van der Waals surface area contributed by atoms with Crippen molar-refractivity contribution in [1.82, 2.24) is 0 Å². The minimum atomic E-state index is 1.24. The second kappa shape index (κ2) is 10.4. The zero-order chi connectivity index (χ0) is 30.9. The lowest BCUT2D eigenvalue weighted by molar-refractivity contribution is 1.63. The molecule has 10 rings (SSSR count). The van der Waals surface area contributed by atoms with Gasteiger partial charge in [-0.05, 0) is 101 Å². The zero-order valence-electron chi connectivity index (χ0n) is 25.6. The lowest BCUT2D eigenvalue weighted by Gasteiger charge is -2.16. The second-order valence-electron chi connectivity index (χ2n) is 12.5. The third kappa shape index (κ3) is 4.21. The normalized spacial score (nSPS) is 11.8. The summed E-state index contributed by atoms with van der Waals surface area (Å²) in [6.45, 7) is 0. The average molecular weight is 613 g/mol. The van der Waals surface area contributed by atoms with Crippen LogP contribution < -0.4 is 0 Å². The summed E-state index contributed by atoms with van der Waals surface area (Å²) in [5, 5.41) is 10.5. The van der Waals surface area contributed by atoms with Crippen molar-refractivity contribution in [2.75, 3.05) is 0 Å². The van der Waals surface area contributed by atoms with Crippen LogP contribution in [0.3, 0.4) is 0 Å². The fourth-order valence-electron chi connectivity index (χ4n) is 7.53. The van der Waals surface area contributed by atoms with Gasteiger partial charge < -0.3 is 0 Å². The van der Waals surface area contributed by atoms with Gasteiger partial charge in [0.1, 0.15) is 0 Å². The molecule has 0 radical (unpaired) electrons. The third-order valence-electron chi connectivity index (χ3n) is 9.85. The van der Waals surface area contributed by atoms with Crippen molar-refractivity contribution in [3.63, 3.8) is 0 Å². The van der Waals surface area contributed by atoms with Crippen LogP contribution in [-0.2, 0) is 0 Å². The molecule has 0 amide bonds. The summed E-state index contributed by atoms with van der Waals surface area (Å²) in [4.78, 5) is 0. The molecular weight excluding hydrogens is 585 g/mol. The highest BCUT2D eigenvalue weighted by atomic mass is 32.1. The van der Waals surface area contributed by atoms with Gasteiger partial charge in [-0.3, -0.25) is 0 Å². The maximum atomic E-state index is 2.37. The number of rotatable bonds is 4. The lowest BCUT2D eigenvalue weighted by Crippen LogP contribution is -1.89. The van der Waals surface area contributed by atoms with Crippen LogP contribution >= 0.6 is 11.3 Å². The quantitative estimate of drug-likeness (QED) is 0.173. The van der Waals surface area contributed by atoms with Gasteiger partial charge >= 0.3 is 0 Å². The Balaban J connectivity index is 1.07. The molecule has 0 aliphatic rings. The first-order chi connectivity index (χ1) is 23.3. The first-order valence-corrected chi connectivity index (χ1v) is 17.0. The molecule has 47 heavy (non-hydrogen) atoms. The van der Waals surface area contributed by atoms with Crippen molar-refractivity contribution < 1.29 is 0 Å². The highest BCUT2D eigenvalue weighted by Crippen LogP contribution is 2.43. The van der Waals surface area contributed by atoms with Crippen LogP contribution in [0.15, 0.2) is 170 Å². The van der Waals surface area contributed by atoms with Crippen LogP contribution in [0, 0.1) is 0 Å². The first kappa shape index (κ1) is 26.5. The Kier molecular flexibility index (Phi) is 5.85. The van der Waals surface area contributed by atoms with E-state index >= 15 is 0 Å². The molecule has 0 atom stereocenters. The fourth-order valence-corrected chi connectivity index (χ4v) is 8.60.